The Morgan fingerprint density at radius 3 is 1.83 bits per heavy atom. The highest BCUT2D eigenvalue weighted by Crippen LogP contribution is 2.44. The van der Waals surface area contributed by atoms with E-state index in [0.29, 0.717) is 0 Å². The molecule has 0 bridgehead atoms. The van der Waals surface area contributed by atoms with Crippen molar-refractivity contribution in [3.8, 4) is 11.1 Å². The van der Waals surface area contributed by atoms with E-state index in [2.05, 4.69) is 28.1 Å². The van der Waals surface area contributed by atoms with Gasteiger partial charge in [0.25, 0.3) is 0 Å². The van der Waals surface area contributed by atoms with Gasteiger partial charge in [-0.1, -0.05) is 92.7 Å². The fourth-order valence-corrected chi connectivity index (χ4v) is 4.91. The number of esters is 1. The Balaban J connectivity index is 1.27. The van der Waals surface area contributed by atoms with Gasteiger partial charge in [-0.3, -0.25) is 9.59 Å². The van der Waals surface area contributed by atoms with Crippen LogP contribution >= 0.6 is 0 Å². The molecule has 220 valence electrons. The van der Waals surface area contributed by atoms with Crippen molar-refractivity contribution >= 4 is 23.9 Å². The summed E-state index contributed by atoms with van der Waals surface area (Å²) in [5.41, 5.74) is 5.23. The van der Waals surface area contributed by atoms with Crippen LogP contribution in [0.4, 0.5) is 4.79 Å². The molecule has 3 N–H and O–H groups in total. The van der Waals surface area contributed by atoms with Gasteiger partial charge < -0.3 is 25.4 Å². The van der Waals surface area contributed by atoms with Crippen molar-refractivity contribution in [3.05, 3.63) is 95.6 Å². The zero-order chi connectivity index (χ0) is 30.2. The van der Waals surface area contributed by atoms with Crippen molar-refractivity contribution in [3.63, 3.8) is 0 Å². The molecule has 42 heavy (non-hydrogen) atoms. The summed E-state index contributed by atoms with van der Waals surface area (Å²) in [5, 5.41) is 7.83. The number of benzene rings is 3. The van der Waals surface area contributed by atoms with E-state index in [1.165, 1.54) is 13.8 Å². The topological polar surface area (TPSA) is 123 Å². The molecule has 3 atom stereocenters. The van der Waals surface area contributed by atoms with E-state index in [4.69, 9.17) is 9.47 Å². The molecule has 9 nitrogen and oxygen atoms in total. The molecule has 9 heteroatoms. The molecule has 4 rings (SSSR count). The van der Waals surface area contributed by atoms with Crippen LogP contribution in [0.15, 0.2) is 78.9 Å². The smallest absolute Gasteiger partial charge is 0.407 e. The molecule has 1 aliphatic rings. The van der Waals surface area contributed by atoms with Gasteiger partial charge in [-0.2, -0.15) is 0 Å². The van der Waals surface area contributed by atoms with Crippen LogP contribution in [0.3, 0.4) is 0 Å². The van der Waals surface area contributed by atoms with Crippen molar-refractivity contribution in [1.29, 1.82) is 0 Å². The van der Waals surface area contributed by atoms with Crippen molar-refractivity contribution in [1.82, 2.24) is 16.0 Å². The number of ether oxygens (including phenoxy) is 2. The minimum Gasteiger partial charge on any atom is -0.459 e. The second-order valence-corrected chi connectivity index (χ2v) is 10.7. The van der Waals surface area contributed by atoms with Gasteiger partial charge in [-0.05, 0) is 47.6 Å². The lowest BCUT2D eigenvalue weighted by atomic mass is 9.98. The summed E-state index contributed by atoms with van der Waals surface area (Å²) in [7, 11) is 0. The lowest BCUT2D eigenvalue weighted by Crippen LogP contribution is -2.56. The molecule has 1 aliphatic carbocycles. The third-order valence-electron chi connectivity index (χ3n) is 7.25. The minimum absolute atomic E-state index is 0.0866. The highest BCUT2D eigenvalue weighted by molar-refractivity contribution is 5.93. The quantitative estimate of drug-likeness (QED) is 0.295. The first-order valence-corrected chi connectivity index (χ1v) is 14.1. The molecule has 0 saturated carbocycles. The largest absolute Gasteiger partial charge is 0.459 e. The van der Waals surface area contributed by atoms with Gasteiger partial charge in [-0.15, -0.1) is 0 Å². The summed E-state index contributed by atoms with van der Waals surface area (Å²) in [6, 6.07) is 22.4. The maximum Gasteiger partial charge on any atom is 0.407 e. The standard InChI is InChI=1S/C33H37N3O6/c1-20(2)29(31(38)34-22(4)32(39)41-18-23-12-6-5-7-13-23)36-30(37)21(3)35-33(40)42-19-28-26-16-10-8-14-24(26)25-15-9-11-17-27(25)28/h5-17,20-22,28-29H,18-19H2,1-4H3,(H,34,38)(H,35,40)(H,36,37)/t21-,22-,29-/m0/s1. The van der Waals surface area contributed by atoms with Crippen LogP contribution in [0.5, 0.6) is 0 Å². The summed E-state index contributed by atoms with van der Waals surface area (Å²) in [6.45, 7) is 6.77. The monoisotopic (exact) mass is 571 g/mol. The molecule has 0 aromatic heterocycles. The fourth-order valence-electron chi connectivity index (χ4n) is 4.91. The number of hydrogen-bond acceptors (Lipinski definition) is 6. The van der Waals surface area contributed by atoms with Crippen LogP contribution in [-0.2, 0) is 30.5 Å². The second kappa shape index (κ2) is 13.8. The number of amides is 3. The zero-order valence-corrected chi connectivity index (χ0v) is 24.3. The van der Waals surface area contributed by atoms with Gasteiger partial charge in [0.2, 0.25) is 11.8 Å². The highest BCUT2D eigenvalue weighted by atomic mass is 16.5. The molecule has 3 aromatic carbocycles. The van der Waals surface area contributed by atoms with Crippen molar-refractivity contribution in [2.24, 2.45) is 5.92 Å². The number of hydrogen-bond donors (Lipinski definition) is 3. The number of carbonyl (C=O) groups excluding carboxylic acids is 4. The van der Waals surface area contributed by atoms with Crippen molar-refractivity contribution < 1.29 is 28.7 Å². The Kier molecular flexibility index (Phi) is 9.96. The van der Waals surface area contributed by atoms with E-state index < -0.39 is 42.0 Å². The predicted molar refractivity (Wildman–Crippen MR) is 158 cm³/mol. The number of carbonyl (C=O) groups is 4. The van der Waals surface area contributed by atoms with Crippen molar-refractivity contribution in [2.45, 2.75) is 58.3 Å². The summed E-state index contributed by atoms with van der Waals surface area (Å²) in [5.74, 6) is -2.08. The Labute approximate surface area is 246 Å². The van der Waals surface area contributed by atoms with Crippen LogP contribution in [-0.4, -0.2) is 48.6 Å². The third-order valence-corrected chi connectivity index (χ3v) is 7.25. The maximum atomic E-state index is 13.0. The lowest BCUT2D eigenvalue weighted by molar-refractivity contribution is -0.149. The molecular formula is C33H37N3O6. The van der Waals surface area contributed by atoms with Crippen LogP contribution in [0.2, 0.25) is 0 Å². The molecule has 0 radical (unpaired) electrons. The Morgan fingerprint density at radius 2 is 1.24 bits per heavy atom. The van der Waals surface area contributed by atoms with Gasteiger partial charge in [0.1, 0.15) is 31.3 Å². The van der Waals surface area contributed by atoms with E-state index in [1.54, 1.807) is 13.8 Å². The first-order chi connectivity index (χ1) is 20.2. The number of rotatable bonds is 11. The van der Waals surface area contributed by atoms with Gasteiger partial charge >= 0.3 is 12.1 Å². The first kappa shape index (κ1) is 30.3. The molecule has 0 aliphatic heterocycles. The highest BCUT2D eigenvalue weighted by Gasteiger charge is 2.31. The Bertz CT molecular complexity index is 1380. The molecule has 0 spiro atoms. The van der Waals surface area contributed by atoms with E-state index in [1.807, 2.05) is 66.7 Å². The molecular weight excluding hydrogens is 534 g/mol. The van der Waals surface area contributed by atoms with Crippen LogP contribution in [0.25, 0.3) is 11.1 Å². The van der Waals surface area contributed by atoms with Crippen LogP contribution in [0, 0.1) is 5.92 Å². The van der Waals surface area contributed by atoms with Gasteiger partial charge in [0.05, 0.1) is 0 Å². The zero-order valence-electron chi connectivity index (χ0n) is 24.3. The second-order valence-electron chi connectivity index (χ2n) is 10.7. The summed E-state index contributed by atoms with van der Waals surface area (Å²) in [4.78, 5) is 50.9. The van der Waals surface area contributed by atoms with E-state index in [-0.39, 0.29) is 25.0 Å². The molecule has 3 aromatic rings. The van der Waals surface area contributed by atoms with Crippen molar-refractivity contribution in [2.75, 3.05) is 6.61 Å². The molecule has 0 fully saturated rings. The SMILES string of the molecule is CC(C)[C@H](NC(=O)[C@H](C)NC(=O)OCC1c2ccccc2-c2ccccc21)C(=O)N[C@@H](C)C(=O)OCc1ccccc1. The predicted octanol–water partition coefficient (Wildman–Crippen LogP) is 4.30. The minimum atomic E-state index is -0.969. The van der Waals surface area contributed by atoms with Gasteiger partial charge in [0.15, 0.2) is 0 Å². The average Bonchev–Trinajstić information content (AvgIpc) is 3.31. The fraction of sp³-hybridized carbons (Fsp3) is 0.333. The van der Waals surface area contributed by atoms with E-state index in [9.17, 15) is 19.2 Å². The number of fused-ring (bicyclic) bond motifs is 3. The lowest BCUT2D eigenvalue weighted by Gasteiger charge is -2.25. The number of alkyl carbamates (subject to hydrolysis) is 1. The maximum absolute atomic E-state index is 13.0. The van der Waals surface area contributed by atoms with E-state index in [0.717, 1.165) is 27.8 Å². The summed E-state index contributed by atoms with van der Waals surface area (Å²) in [6.07, 6.45) is -0.736. The normalized spacial score (nSPS) is 14.1. The third kappa shape index (κ3) is 7.34. The van der Waals surface area contributed by atoms with Crippen LogP contribution in [0.1, 0.15) is 50.3 Å². The first-order valence-electron chi connectivity index (χ1n) is 14.1. The number of nitrogens with one attached hydrogen (secondary N) is 3. The van der Waals surface area contributed by atoms with Gasteiger partial charge in [-0.25, -0.2) is 9.59 Å². The van der Waals surface area contributed by atoms with Gasteiger partial charge in [0, 0.05) is 5.92 Å². The van der Waals surface area contributed by atoms with Crippen LogP contribution < -0.4 is 16.0 Å². The molecule has 0 heterocycles. The summed E-state index contributed by atoms with van der Waals surface area (Å²) >= 11 is 0. The Hall–Kier alpha value is -4.66. The average molecular weight is 572 g/mol. The molecule has 0 unspecified atom stereocenters. The molecule has 0 saturated heterocycles. The van der Waals surface area contributed by atoms with E-state index >= 15 is 0 Å². The Morgan fingerprint density at radius 1 is 0.667 bits per heavy atom. The molecule has 3 amide bonds. The summed E-state index contributed by atoms with van der Waals surface area (Å²) < 4.78 is 10.8.